The van der Waals surface area contributed by atoms with Crippen LogP contribution in [-0.2, 0) is 21.7 Å². The van der Waals surface area contributed by atoms with Crippen LogP contribution in [0.1, 0.15) is 121 Å². The van der Waals surface area contributed by atoms with E-state index in [0.717, 1.165) is 89.8 Å². The summed E-state index contributed by atoms with van der Waals surface area (Å²) in [6.07, 6.45) is 6.75. The topological polar surface area (TPSA) is 32.8 Å². The zero-order valence-corrected chi connectivity index (χ0v) is 49.0. The van der Waals surface area contributed by atoms with Crippen LogP contribution >= 0.6 is 0 Å². The quantitative estimate of drug-likeness (QED) is 0.166. The van der Waals surface area contributed by atoms with E-state index in [-0.39, 0.29) is 21.7 Å². The van der Waals surface area contributed by atoms with Gasteiger partial charge in [-0.15, -0.1) is 0 Å². The normalized spacial score (nSPS) is 20.9. The number of nitrogens with zero attached hydrogens (tertiary/aromatic N) is 2. The number of hydrogen-bond donors (Lipinski definition) is 0. The van der Waals surface area contributed by atoms with Crippen LogP contribution in [0.15, 0.2) is 203 Å². The minimum Gasteiger partial charge on any atom is -0.454 e. The molecule has 0 unspecified atom stereocenters. The molecule has 0 saturated heterocycles. The highest BCUT2D eigenvalue weighted by Crippen LogP contribution is 2.71. The van der Waals surface area contributed by atoms with Gasteiger partial charge >= 0.3 is 0 Å². The number of benzene rings is 10. The van der Waals surface area contributed by atoms with Gasteiger partial charge < -0.3 is 18.6 Å². The molecule has 83 heavy (non-hydrogen) atoms. The van der Waals surface area contributed by atoms with Crippen molar-refractivity contribution in [3.8, 4) is 22.3 Å². The molecule has 10 aromatic carbocycles. The Bertz CT molecular complexity index is 4660. The molecule has 2 aromatic heterocycles. The van der Waals surface area contributed by atoms with Crippen molar-refractivity contribution < 1.29 is 8.83 Å². The third-order valence-electron chi connectivity index (χ3n) is 21.1. The molecule has 0 radical (unpaired) electrons. The Morgan fingerprint density at radius 3 is 1.39 bits per heavy atom. The van der Waals surface area contributed by atoms with Gasteiger partial charge in [0.2, 0.25) is 0 Å². The van der Waals surface area contributed by atoms with Crippen LogP contribution in [0.4, 0.5) is 34.1 Å². The molecule has 4 saturated carbocycles. The van der Waals surface area contributed by atoms with Gasteiger partial charge in [-0.3, -0.25) is 0 Å². The molecule has 4 heteroatoms. The van der Waals surface area contributed by atoms with Crippen LogP contribution in [-0.4, -0.2) is 0 Å². The van der Waals surface area contributed by atoms with Crippen molar-refractivity contribution in [2.45, 2.75) is 109 Å². The summed E-state index contributed by atoms with van der Waals surface area (Å²) >= 11 is 0. The van der Waals surface area contributed by atoms with E-state index < -0.39 is 0 Å². The van der Waals surface area contributed by atoms with E-state index in [4.69, 9.17) is 8.83 Å². The Balaban J connectivity index is 0.849. The number of para-hydroxylation sites is 4. The second-order valence-corrected chi connectivity index (χ2v) is 28.2. The molecule has 2 heterocycles. The SMILES string of the molecule is CC(C)(C)c1ccc(N(c2ccc3c(c2)-c2cc4c(cc2C3(C)C)C2(c3cc5cc(N(c6ccc(C(C)(C)C)cc6)c6cccc7c6oc6ccccc67)ccc5cc3-4)C3CC4CC(C3)CC2C4)c2cccc3c2oc2ccccc23)cc1. The zero-order chi connectivity index (χ0) is 56.1. The van der Waals surface area contributed by atoms with Crippen LogP contribution in [0.2, 0.25) is 0 Å². The Labute approximate surface area is 487 Å². The second kappa shape index (κ2) is 17.1. The maximum Gasteiger partial charge on any atom is 0.159 e. The number of anilines is 6. The standard InChI is InChI=1S/C79H70N2O2/c1-76(2,3)50-24-29-54(30-25-50)80(70-19-13-17-60-58-15-9-11-21-72(58)82-74(60)70)56-28-23-48-41-62-65-44-64-63-43-57(81(55-31-26-51(27-32-55)77(4,5)6)71-20-14-18-61-59-16-10-12-22-73(59)83-75(61)71)33-34-66(63)78(7,8)67(64)45-69(65)79(68(62)42-49(48)40-56)52-36-46-35-47(38-52)39-53(79)37-46/h9-34,40-47,52-53H,35-39H2,1-8H3. The van der Waals surface area contributed by atoms with Crippen molar-refractivity contribution in [3.05, 3.63) is 228 Å². The van der Waals surface area contributed by atoms with Crippen molar-refractivity contribution in [2.75, 3.05) is 9.80 Å². The smallest absolute Gasteiger partial charge is 0.159 e. The molecule has 18 rings (SSSR count). The fourth-order valence-electron chi connectivity index (χ4n) is 17.3. The molecule has 12 aromatic rings. The van der Waals surface area contributed by atoms with Gasteiger partial charge in [-0.05, 0) is 224 Å². The molecular formula is C79H70N2O2. The molecule has 4 fully saturated rings. The summed E-state index contributed by atoms with van der Waals surface area (Å²) in [4.78, 5) is 4.88. The summed E-state index contributed by atoms with van der Waals surface area (Å²) in [7, 11) is 0. The van der Waals surface area contributed by atoms with Crippen LogP contribution in [0, 0.1) is 23.7 Å². The molecule has 0 aliphatic heterocycles. The summed E-state index contributed by atoms with van der Waals surface area (Å²) in [5.41, 5.74) is 24.3. The van der Waals surface area contributed by atoms with Gasteiger partial charge in [0, 0.05) is 55.1 Å². The minimum atomic E-state index is -0.200. The molecule has 4 bridgehead atoms. The Hall–Kier alpha value is -8.34. The van der Waals surface area contributed by atoms with Gasteiger partial charge in [0.05, 0.1) is 11.4 Å². The maximum absolute atomic E-state index is 6.83. The first kappa shape index (κ1) is 49.3. The Morgan fingerprint density at radius 2 is 0.831 bits per heavy atom. The summed E-state index contributed by atoms with van der Waals surface area (Å²) in [5, 5.41) is 7.11. The van der Waals surface area contributed by atoms with E-state index in [1.54, 1.807) is 11.1 Å². The monoisotopic (exact) mass is 1080 g/mol. The zero-order valence-electron chi connectivity index (χ0n) is 49.0. The van der Waals surface area contributed by atoms with Gasteiger partial charge in [0.15, 0.2) is 11.2 Å². The predicted molar refractivity (Wildman–Crippen MR) is 346 cm³/mol. The molecule has 4 nitrogen and oxygen atoms in total. The summed E-state index contributed by atoms with van der Waals surface area (Å²) in [6, 6.07) is 73.9. The first-order valence-corrected chi connectivity index (χ1v) is 30.6. The highest BCUT2D eigenvalue weighted by Gasteiger charge is 2.62. The van der Waals surface area contributed by atoms with Gasteiger partial charge in [-0.2, -0.15) is 0 Å². The van der Waals surface area contributed by atoms with Crippen molar-refractivity contribution >= 4 is 88.8 Å². The van der Waals surface area contributed by atoms with Crippen LogP contribution in [0.3, 0.4) is 0 Å². The van der Waals surface area contributed by atoms with Gasteiger partial charge in [0.25, 0.3) is 0 Å². The van der Waals surface area contributed by atoms with Gasteiger partial charge in [-0.25, -0.2) is 0 Å². The van der Waals surface area contributed by atoms with Crippen molar-refractivity contribution in [1.82, 2.24) is 0 Å². The Kier molecular flexibility index (Phi) is 10.2. The van der Waals surface area contributed by atoms with E-state index in [9.17, 15) is 0 Å². The summed E-state index contributed by atoms with van der Waals surface area (Å²) in [5.74, 6) is 2.93. The fraction of sp³-hybridized carbons (Fsp3) is 0.266. The first-order chi connectivity index (χ1) is 40.1. The van der Waals surface area contributed by atoms with E-state index in [1.165, 1.54) is 87.4 Å². The number of fused-ring (bicyclic) bond motifs is 13. The third-order valence-corrected chi connectivity index (χ3v) is 21.1. The molecular weight excluding hydrogens is 1010 g/mol. The van der Waals surface area contributed by atoms with E-state index >= 15 is 0 Å². The summed E-state index contributed by atoms with van der Waals surface area (Å²) < 4.78 is 13.6. The average molecular weight is 1080 g/mol. The van der Waals surface area contributed by atoms with E-state index in [1.807, 2.05) is 0 Å². The molecule has 1 spiro atoms. The maximum atomic E-state index is 6.83. The molecule has 6 aliphatic rings. The number of furan rings is 2. The van der Waals surface area contributed by atoms with Crippen LogP contribution in [0.5, 0.6) is 0 Å². The van der Waals surface area contributed by atoms with E-state index in [0.29, 0.717) is 11.8 Å². The highest BCUT2D eigenvalue weighted by atomic mass is 16.3. The lowest BCUT2D eigenvalue weighted by atomic mass is 9.43. The number of hydrogen-bond acceptors (Lipinski definition) is 4. The average Bonchev–Trinajstić information content (AvgIpc) is 1.64. The van der Waals surface area contributed by atoms with E-state index in [2.05, 4.69) is 259 Å². The first-order valence-electron chi connectivity index (χ1n) is 30.6. The summed E-state index contributed by atoms with van der Waals surface area (Å²) in [6.45, 7) is 18.7. The molecule has 0 atom stereocenters. The van der Waals surface area contributed by atoms with Crippen LogP contribution in [0.25, 0.3) is 76.9 Å². The predicted octanol–water partition coefficient (Wildman–Crippen LogP) is 22.2. The minimum absolute atomic E-state index is 0.0292. The second-order valence-electron chi connectivity index (χ2n) is 28.2. The molecule has 408 valence electrons. The van der Waals surface area contributed by atoms with Crippen molar-refractivity contribution in [3.63, 3.8) is 0 Å². The Morgan fingerprint density at radius 1 is 0.373 bits per heavy atom. The lowest BCUT2D eigenvalue weighted by molar-refractivity contribution is -0.0399. The van der Waals surface area contributed by atoms with Crippen molar-refractivity contribution in [2.24, 2.45) is 23.7 Å². The molecule has 6 aliphatic carbocycles. The molecule has 0 N–H and O–H groups in total. The van der Waals surface area contributed by atoms with Gasteiger partial charge in [0.1, 0.15) is 11.2 Å². The number of rotatable bonds is 6. The fourth-order valence-corrected chi connectivity index (χ4v) is 17.3. The highest BCUT2D eigenvalue weighted by molar-refractivity contribution is 6.12. The van der Waals surface area contributed by atoms with Crippen molar-refractivity contribution in [1.29, 1.82) is 0 Å². The lowest BCUT2D eigenvalue weighted by Crippen LogP contribution is -2.55. The van der Waals surface area contributed by atoms with Gasteiger partial charge in [-0.1, -0.05) is 159 Å². The molecule has 0 amide bonds. The lowest BCUT2D eigenvalue weighted by Gasteiger charge is -2.61. The third kappa shape index (κ3) is 7.05. The van der Waals surface area contributed by atoms with Crippen LogP contribution < -0.4 is 9.80 Å². The largest absolute Gasteiger partial charge is 0.454 e.